The van der Waals surface area contributed by atoms with Crippen molar-refractivity contribution < 1.29 is 19.5 Å². The number of hydrogen-bond acceptors (Lipinski definition) is 4. The van der Waals surface area contributed by atoms with Gasteiger partial charge in [-0.3, -0.25) is 4.90 Å². The molecule has 0 aliphatic carbocycles. The van der Waals surface area contributed by atoms with Gasteiger partial charge >= 0.3 is 12.1 Å². The molecule has 76 valence electrons. The van der Waals surface area contributed by atoms with Crippen molar-refractivity contribution in [3.8, 4) is 0 Å². The van der Waals surface area contributed by atoms with Crippen molar-refractivity contribution in [2.24, 2.45) is 0 Å². The Kier molecular flexibility index (Phi) is 1.69. The number of nitrogens with zero attached hydrogens (tertiary/aromatic N) is 1. The molecule has 2 saturated heterocycles. The van der Waals surface area contributed by atoms with Gasteiger partial charge in [0, 0.05) is 0 Å². The Morgan fingerprint density at radius 2 is 2.07 bits per heavy atom. The molecule has 0 unspecified atom stereocenters. The molecule has 0 bridgehead atoms. The molecule has 8 heteroatoms. The molecule has 0 saturated carbocycles. The summed E-state index contributed by atoms with van der Waals surface area (Å²) in [6, 6.07) is -0.986. The number of hydrogen-bond donors (Lipinski definition) is 3. The van der Waals surface area contributed by atoms with Gasteiger partial charge in [-0.25, -0.2) is 9.59 Å². The van der Waals surface area contributed by atoms with Gasteiger partial charge < -0.3 is 25.9 Å². The van der Waals surface area contributed by atoms with Crippen LogP contribution in [0.25, 0.3) is 0 Å². The third-order valence-electron chi connectivity index (χ3n) is 2.06. The number of carbonyl (C=O) groups excluding carboxylic acids is 3. The van der Waals surface area contributed by atoms with Crippen LogP contribution in [0, 0.1) is 0 Å². The molecule has 0 aromatic carbocycles. The SMILES string of the molecule is O=C([O-])CN1C(=O)N[C@H]2NC(=O)N[C@H]21. The van der Waals surface area contributed by atoms with Crippen molar-refractivity contribution in [3.05, 3.63) is 0 Å². The smallest absolute Gasteiger partial charge is 0.321 e. The number of urea groups is 2. The third kappa shape index (κ3) is 1.20. The Labute approximate surface area is 78.2 Å². The maximum atomic E-state index is 11.2. The molecule has 3 N–H and O–H groups in total. The Morgan fingerprint density at radius 1 is 1.36 bits per heavy atom. The summed E-state index contributed by atoms with van der Waals surface area (Å²) >= 11 is 0. The molecule has 2 heterocycles. The van der Waals surface area contributed by atoms with Crippen molar-refractivity contribution in [2.45, 2.75) is 12.3 Å². The number of amides is 4. The van der Waals surface area contributed by atoms with Gasteiger partial charge in [-0.05, 0) is 0 Å². The van der Waals surface area contributed by atoms with Crippen molar-refractivity contribution in [2.75, 3.05) is 6.54 Å². The van der Waals surface area contributed by atoms with Crippen LogP contribution in [0.3, 0.4) is 0 Å². The predicted octanol–water partition coefficient (Wildman–Crippen LogP) is -3.27. The summed E-state index contributed by atoms with van der Waals surface area (Å²) in [6.07, 6.45) is -1.23. The van der Waals surface area contributed by atoms with E-state index in [9.17, 15) is 19.5 Å². The molecule has 0 spiro atoms. The molecule has 0 aromatic heterocycles. The zero-order chi connectivity index (χ0) is 10.3. The number of rotatable bonds is 2. The first kappa shape index (κ1) is 8.60. The molecule has 8 nitrogen and oxygen atoms in total. The number of nitrogens with one attached hydrogen (secondary N) is 3. The lowest BCUT2D eigenvalue weighted by atomic mass is 10.4. The molecule has 0 radical (unpaired) electrons. The van der Waals surface area contributed by atoms with Gasteiger partial charge in [0.1, 0.15) is 12.3 Å². The monoisotopic (exact) mass is 199 g/mol. The first-order chi connectivity index (χ1) is 6.58. The van der Waals surface area contributed by atoms with Gasteiger partial charge in [-0.2, -0.15) is 0 Å². The highest BCUT2D eigenvalue weighted by atomic mass is 16.4. The largest absolute Gasteiger partial charge is 0.548 e. The van der Waals surface area contributed by atoms with Gasteiger partial charge in [0.15, 0.2) is 0 Å². The van der Waals surface area contributed by atoms with E-state index in [-0.39, 0.29) is 0 Å². The molecular weight excluding hydrogens is 192 g/mol. The van der Waals surface area contributed by atoms with Crippen molar-refractivity contribution in [3.63, 3.8) is 0 Å². The highest BCUT2D eigenvalue weighted by molar-refractivity contribution is 5.86. The molecule has 2 aliphatic rings. The second-order valence-corrected chi connectivity index (χ2v) is 2.99. The molecule has 2 aliphatic heterocycles. The second-order valence-electron chi connectivity index (χ2n) is 2.99. The van der Waals surface area contributed by atoms with Crippen molar-refractivity contribution in [1.82, 2.24) is 20.9 Å². The van der Waals surface area contributed by atoms with E-state index in [2.05, 4.69) is 16.0 Å². The van der Waals surface area contributed by atoms with E-state index >= 15 is 0 Å². The molecule has 0 aromatic rings. The summed E-state index contributed by atoms with van der Waals surface area (Å²) in [5, 5.41) is 17.5. The van der Waals surface area contributed by atoms with Gasteiger partial charge in [-0.1, -0.05) is 0 Å². The highest BCUT2D eigenvalue weighted by Crippen LogP contribution is 2.12. The highest BCUT2D eigenvalue weighted by Gasteiger charge is 2.45. The number of carboxylic acids is 1. The lowest BCUT2D eigenvalue weighted by molar-refractivity contribution is -0.305. The normalized spacial score (nSPS) is 29.3. The Bertz CT molecular complexity index is 317. The Balaban J connectivity index is 2.12. The van der Waals surface area contributed by atoms with Gasteiger partial charge in [0.05, 0.1) is 12.5 Å². The fourth-order valence-corrected chi connectivity index (χ4v) is 1.50. The molecule has 2 fully saturated rings. The van der Waals surface area contributed by atoms with Crippen LogP contribution in [-0.2, 0) is 4.79 Å². The van der Waals surface area contributed by atoms with Gasteiger partial charge in [0.2, 0.25) is 0 Å². The Hall–Kier alpha value is -1.99. The fourth-order valence-electron chi connectivity index (χ4n) is 1.50. The van der Waals surface area contributed by atoms with Crippen LogP contribution >= 0.6 is 0 Å². The minimum Gasteiger partial charge on any atom is -0.548 e. The molecule has 2 atom stereocenters. The minimum absolute atomic E-state index is 0.441. The van der Waals surface area contributed by atoms with E-state index in [0.717, 1.165) is 4.90 Å². The summed E-state index contributed by atoms with van der Waals surface area (Å²) in [5.41, 5.74) is 0. The number of carbonyl (C=O) groups is 3. The van der Waals surface area contributed by atoms with Gasteiger partial charge in [-0.15, -0.1) is 0 Å². The number of carboxylic acid groups (broad SMARTS) is 1. The van der Waals surface area contributed by atoms with E-state index in [4.69, 9.17) is 0 Å². The fraction of sp³-hybridized carbons (Fsp3) is 0.500. The second kappa shape index (κ2) is 2.76. The van der Waals surface area contributed by atoms with Crippen LogP contribution in [0.4, 0.5) is 9.59 Å². The standard InChI is InChI=1S/C6H8N4O4/c11-2(12)1-10-4-3(8-6(10)14)7-5(13)9-4/h3-4H,1H2,(H,8,14)(H,11,12)(H2,7,9,13)/p-1/t3-,4+/m1/s1. The first-order valence-corrected chi connectivity index (χ1v) is 3.92. The Morgan fingerprint density at radius 3 is 2.71 bits per heavy atom. The average molecular weight is 199 g/mol. The van der Waals surface area contributed by atoms with Gasteiger partial charge in [0.25, 0.3) is 0 Å². The maximum absolute atomic E-state index is 11.2. The van der Waals surface area contributed by atoms with Crippen molar-refractivity contribution in [1.29, 1.82) is 0 Å². The average Bonchev–Trinajstić information content (AvgIpc) is 2.51. The lowest BCUT2D eigenvalue weighted by Crippen LogP contribution is -2.48. The van der Waals surface area contributed by atoms with Crippen LogP contribution in [0.2, 0.25) is 0 Å². The van der Waals surface area contributed by atoms with Crippen molar-refractivity contribution >= 4 is 18.0 Å². The third-order valence-corrected chi connectivity index (χ3v) is 2.06. The van der Waals surface area contributed by atoms with Crippen LogP contribution < -0.4 is 21.1 Å². The van der Waals surface area contributed by atoms with Crippen LogP contribution in [-0.4, -0.2) is 41.8 Å². The van der Waals surface area contributed by atoms with E-state index in [1.165, 1.54) is 0 Å². The quantitative estimate of drug-likeness (QED) is 0.432. The van der Waals surface area contributed by atoms with E-state index in [0.29, 0.717) is 0 Å². The molecule has 4 amide bonds. The summed E-state index contributed by atoms with van der Waals surface area (Å²) in [6.45, 7) is -0.547. The summed E-state index contributed by atoms with van der Waals surface area (Å²) < 4.78 is 0. The molecule has 2 rings (SSSR count). The van der Waals surface area contributed by atoms with Crippen LogP contribution in [0.15, 0.2) is 0 Å². The number of aliphatic carboxylic acids is 1. The lowest BCUT2D eigenvalue weighted by Gasteiger charge is -2.21. The summed E-state index contributed by atoms with van der Waals surface area (Å²) in [5.74, 6) is -1.37. The van der Waals surface area contributed by atoms with Crippen LogP contribution in [0.1, 0.15) is 0 Å². The molecular formula is C6H7N4O4-. The van der Waals surface area contributed by atoms with E-state index < -0.39 is 36.9 Å². The maximum Gasteiger partial charge on any atom is 0.321 e. The van der Waals surface area contributed by atoms with E-state index in [1.807, 2.05) is 0 Å². The summed E-state index contributed by atoms with van der Waals surface area (Å²) in [4.78, 5) is 33.3. The zero-order valence-corrected chi connectivity index (χ0v) is 6.94. The molecule has 14 heavy (non-hydrogen) atoms. The summed E-state index contributed by atoms with van der Waals surface area (Å²) in [7, 11) is 0. The predicted molar refractivity (Wildman–Crippen MR) is 39.5 cm³/mol. The number of fused-ring (bicyclic) bond motifs is 1. The van der Waals surface area contributed by atoms with Crippen LogP contribution in [0.5, 0.6) is 0 Å². The minimum atomic E-state index is -1.37. The zero-order valence-electron chi connectivity index (χ0n) is 6.94. The first-order valence-electron chi connectivity index (χ1n) is 3.92. The topological polar surface area (TPSA) is 114 Å². The van der Waals surface area contributed by atoms with E-state index in [1.54, 1.807) is 0 Å².